The minimum Gasteiger partial charge on any atom is -0.367 e. The van der Waals surface area contributed by atoms with Crippen LogP contribution in [0.15, 0.2) is 6.07 Å². The molecule has 1 aromatic heterocycles. The molecule has 96 valence electrons. The smallest absolute Gasteiger partial charge is 0.134 e. The Morgan fingerprint density at radius 2 is 1.88 bits per heavy atom. The second-order valence-corrected chi connectivity index (χ2v) is 4.74. The van der Waals surface area contributed by atoms with Crippen LogP contribution in [-0.4, -0.2) is 16.0 Å². The Kier molecular flexibility index (Phi) is 5.69. The van der Waals surface area contributed by atoms with Crippen molar-refractivity contribution in [3.63, 3.8) is 0 Å². The van der Waals surface area contributed by atoms with E-state index in [4.69, 9.17) is 11.6 Å². The van der Waals surface area contributed by atoms with E-state index >= 15 is 0 Å². The van der Waals surface area contributed by atoms with Gasteiger partial charge in [0.05, 0.1) is 0 Å². The summed E-state index contributed by atoms with van der Waals surface area (Å²) in [7, 11) is 0. The first-order valence-electron chi connectivity index (χ1n) is 6.40. The van der Waals surface area contributed by atoms with Gasteiger partial charge in [0.15, 0.2) is 0 Å². The van der Waals surface area contributed by atoms with Crippen LogP contribution >= 0.6 is 11.6 Å². The van der Waals surface area contributed by atoms with Crippen molar-refractivity contribution in [1.82, 2.24) is 9.97 Å². The van der Waals surface area contributed by atoms with Crippen LogP contribution in [0.5, 0.6) is 0 Å². The fourth-order valence-corrected chi connectivity index (χ4v) is 2.24. The summed E-state index contributed by atoms with van der Waals surface area (Å²) in [5, 5.41) is 3.93. The molecule has 1 N–H and O–H groups in total. The molecule has 1 heterocycles. The summed E-state index contributed by atoms with van der Waals surface area (Å²) >= 11 is 5.97. The van der Waals surface area contributed by atoms with E-state index in [9.17, 15) is 0 Å². The average Bonchev–Trinajstić information content (AvgIpc) is 2.29. The van der Waals surface area contributed by atoms with Crippen molar-refractivity contribution in [3.8, 4) is 0 Å². The molecule has 0 spiro atoms. The van der Waals surface area contributed by atoms with Crippen molar-refractivity contribution >= 4 is 17.4 Å². The van der Waals surface area contributed by atoms with Gasteiger partial charge < -0.3 is 5.32 Å². The van der Waals surface area contributed by atoms with Crippen LogP contribution in [-0.2, 0) is 6.42 Å². The van der Waals surface area contributed by atoms with Crippen molar-refractivity contribution in [1.29, 1.82) is 0 Å². The number of halogens is 1. The molecular weight excluding hydrogens is 234 g/mol. The molecule has 4 heteroatoms. The first-order valence-corrected chi connectivity index (χ1v) is 6.78. The number of aromatic nitrogens is 2. The maximum atomic E-state index is 5.97. The largest absolute Gasteiger partial charge is 0.367 e. The van der Waals surface area contributed by atoms with Gasteiger partial charge in [-0.05, 0) is 12.8 Å². The summed E-state index contributed by atoms with van der Waals surface area (Å²) < 4.78 is 0. The van der Waals surface area contributed by atoms with E-state index in [2.05, 4.69) is 36.1 Å². The third-order valence-corrected chi connectivity index (χ3v) is 3.38. The van der Waals surface area contributed by atoms with E-state index < -0.39 is 0 Å². The van der Waals surface area contributed by atoms with Gasteiger partial charge in [-0.3, -0.25) is 0 Å². The maximum absolute atomic E-state index is 5.97. The molecule has 0 radical (unpaired) electrons. The van der Waals surface area contributed by atoms with Crippen molar-refractivity contribution < 1.29 is 0 Å². The van der Waals surface area contributed by atoms with Gasteiger partial charge in [0.1, 0.15) is 16.8 Å². The van der Waals surface area contributed by atoms with Crippen molar-refractivity contribution in [2.75, 3.05) is 5.32 Å². The van der Waals surface area contributed by atoms with E-state index in [1.807, 2.05) is 6.92 Å². The molecule has 0 aromatic carbocycles. The van der Waals surface area contributed by atoms with Gasteiger partial charge in [-0.15, -0.1) is 0 Å². The average molecular weight is 256 g/mol. The number of anilines is 1. The highest BCUT2D eigenvalue weighted by atomic mass is 35.5. The van der Waals surface area contributed by atoms with Gasteiger partial charge in [0, 0.05) is 18.5 Å². The fraction of sp³-hybridized carbons (Fsp3) is 0.692. The van der Waals surface area contributed by atoms with Crippen LogP contribution in [0, 0.1) is 5.92 Å². The monoisotopic (exact) mass is 255 g/mol. The van der Waals surface area contributed by atoms with E-state index in [1.54, 1.807) is 6.07 Å². The third-order valence-electron chi connectivity index (χ3n) is 3.19. The summed E-state index contributed by atoms with van der Waals surface area (Å²) in [5.74, 6) is 2.28. The van der Waals surface area contributed by atoms with Crippen molar-refractivity contribution in [2.24, 2.45) is 5.92 Å². The second kappa shape index (κ2) is 6.80. The van der Waals surface area contributed by atoms with Gasteiger partial charge in [-0.1, -0.05) is 45.2 Å². The van der Waals surface area contributed by atoms with Crippen LogP contribution in [0.3, 0.4) is 0 Å². The highest BCUT2D eigenvalue weighted by Crippen LogP contribution is 2.18. The minimum absolute atomic E-state index is 0.403. The predicted octanol–water partition coefficient (Wildman–Crippen LogP) is 3.93. The van der Waals surface area contributed by atoms with Crippen LogP contribution in [0.4, 0.5) is 5.82 Å². The summed E-state index contributed by atoms with van der Waals surface area (Å²) in [6, 6.07) is 2.19. The van der Waals surface area contributed by atoms with Crippen LogP contribution in [0.25, 0.3) is 0 Å². The third kappa shape index (κ3) is 4.15. The van der Waals surface area contributed by atoms with Gasteiger partial charge in [0.2, 0.25) is 0 Å². The van der Waals surface area contributed by atoms with E-state index in [-0.39, 0.29) is 0 Å². The lowest BCUT2D eigenvalue weighted by molar-refractivity contribution is 0.437. The SMILES string of the molecule is CCc1nc(Cl)cc(NC(C)C(CC)CC)n1. The topological polar surface area (TPSA) is 37.8 Å². The standard InChI is InChI=1S/C13H22ClN3/c1-5-10(6-2)9(4)15-13-8-11(14)16-12(7-3)17-13/h8-10H,5-7H2,1-4H3,(H,15,16,17). The molecular formula is C13H22ClN3. The highest BCUT2D eigenvalue weighted by molar-refractivity contribution is 6.29. The zero-order valence-electron chi connectivity index (χ0n) is 11.1. The molecule has 0 aliphatic carbocycles. The number of aryl methyl sites for hydroxylation is 1. The lowest BCUT2D eigenvalue weighted by Gasteiger charge is -2.23. The van der Waals surface area contributed by atoms with Crippen molar-refractivity contribution in [2.45, 2.75) is 53.0 Å². The molecule has 3 nitrogen and oxygen atoms in total. The summed E-state index contributed by atoms with van der Waals surface area (Å²) in [4.78, 5) is 8.60. The molecule has 0 saturated heterocycles. The lowest BCUT2D eigenvalue weighted by Crippen LogP contribution is -2.25. The van der Waals surface area contributed by atoms with Crippen LogP contribution in [0.1, 0.15) is 46.4 Å². The summed E-state index contributed by atoms with van der Waals surface area (Å²) in [5.41, 5.74) is 0. The van der Waals surface area contributed by atoms with Gasteiger partial charge in [-0.25, -0.2) is 9.97 Å². The molecule has 1 atom stereocenters. The molecule has 0 fully saturated rings. The van der Waals surface area contributed by atoms with Gasteiger partial charge in [-0.2, -0.15) is 0 Å². The predicted molar refractivity (Wildman–Crippen MR) is 73.6 cm³/mol. The maximum Gasteiger partial charge on any atom is 0.134 e. The number of nitrogens with zero attached hydrogens (tertiary/aromatic N) is 2. The molecule has 1 rings (SSSR count). The lowest BCUT2D eigenvalue weighted by atomic mass is 9.95. The minimum atomic E-state index is 0.403. The molecule has 0 bridgehead atoms. The molecule has 0 saturated carbocycles. The molecule has 0 amide bonds. The first-order chi connectivity index (χ1) is 8.10. The number of hydrogen-bond acceptors (Lipinski definition) is 3. The van der Waals surface area contributed by atoms with Crippen LogP contribution < -0.4 is 5.32 Å². The van der Waals surface area contributed by atoms with Gasteiger partial charge in [0.25, 0.3) is 0 Å². The van der Waals surface area contributed by atoms with E-state index in [0.29, 0.717) is 17.1 Å². The quantitative estimate of drug-likeness (QED) is 0.783. The Balaban J connectivity index is 2.76. The molecule has 1 aromatic rings. The summed E-state index contributed by atoms with van der Waals surface area (Å²) in [6.45, 7) is 8.66. The first kappa shape index (κ1) is 14.2. The Labute approximate surface area is 109 Å². The van der Waals surface area contributed by atoms with E-state index in [1.165, 1.54) is 12.8 Å². The Morgan fingerprint density at radius 1 is 1.24 bits per heavy atom. The molecule has 1 unspecified atom stereocenters. The highest BCUT2D eigenvalue weighted by Gasteiger charge is 2.14. The fourth-order valence-electron chi connectivity index (χ4n) is 2.04. The molecule has 17 heavy (non-hydrogen) atoms. The second-order valence-electron chi connectivity index (χ2n) is 4.36. The molecule has 0 aliphatic heterocycles. The summed E-state index contributed by atoms with van der Waals surface area (Å²) in [6.07, 6.45) is 3.14. The van der Waals surface area contributed by atoms with Gasteiger partial charge >= 0.3 is 0 Å². The zero-order valence-corrected chi connectivity index (χ0v) is 11.9. The van der Waals surface area contributed by atoms with Crippen LogP contribution in [0.2, 0.25) is 5.15 Å². The Morgan fingerprint density at radius 3 is 2.41 bits per heavy atom. The Hall–Kier alpha value is -0.830. The number of hydrogen-bond donors (Lipinski definition) is 1. The Bertz CT molecular complexity index is 351. The molecule has 0 aliphatic rings. The number of rotatable bonds is 6. The van der Waals surface area contributed by atoms with E-state index in [0.717, 1.165) is 18.1 Å². The zero-order chi connectivity index (χ0) is 12.8. The normalized spacial score (nSPS) is 12.8. The van der Waals surface area contributed by atoms with Crippen molar-refractivity contribution in [3.05, 3.63) is 17.0 Å². The number of nitrogens with one attached hydrogen (secondary N) is 1.